The van der Waals surface area contributed by atoms with E-state index >= 15 is 0 Å². The molecular weight excluding hydrogens is 222 g/mol. The summed E-state index contributed by atoms with van der Waals surface area (Å²) in [7, 11) is 2.08. The van der Waals surface area contributed by atoms with E-state index < -0.39 is 0 Å². The number of aromatic nitrogens is 2. The second kappa shape index (κ2) is 6.93. The predicted molar refractivity (Wildman–Crippen MR) is 75.6 cm³/mol. The van der Waals surface area contributed by atoms with Gasteiger partial charge in [-0.3, -0.25) is 0 Å². The Bertz CT molecular complexity index is 345. The summed E-state index contributed by atoms with van der Waals surface area (Å²) >= 11 is 0. The zero-order valence-electron chi connectivity index (χ0n) is 11.9. The Labute approximate surface area is 111 Å². The maximum atomic E-state index is 4.55. The molecule has 0 radical (unpaired) electrons. The van der Waals surface area contributed by atoms with Gasteiger partial charge in [-0.05, 0) is 45.2 Å². The number of hydrogen-bond acceptors (Lipinski definition) is 2. The number of aryl methyl sites for hydroxylation is 1. The number of hydrogen-bond donors (Lipinski definition) is 1. The van der Waals surface area contributed by atoms with E-state index in [-0.39, 0.29) is 0 Å². The lowest BCUT2D eigenvalue weighted by atomic mass is 9.85. The normalized spacial score (nSPS) is 25.0. The maximum Gasteiger partial charge on any atom is 0.108 e. The molecule has 0 saturated heterocycles. The summed E-state index contributed by atoms with van der Waals surface area (Å²) < 4.78 is 2.29. The minimum atomic E-state index is 0.813. The molecule has 18 heavy (non-hydrogen) atoms. The van der Waals surface area contributed by atoms with Crippen LogP contribution in [0.25, 0.3) is 0 Å². The number of nitrogens with zero attached hydrogens (tertiary/aromatic N) is 2. The van der Waals surface area contributed by atoms with Crippen molar-refractivity contribution >= 4 is 0 Å². The van der Waals surface area contributed by atoms with Crippen molar-refractivity contribution in [2.75, 3.05) is 13.6 Å². The van der Waals surface area contributed by atoms with Crippen molar-refractivity contribution in [3.05, 3.63) is 18.2 Å². The van der Waals surface area contributed by atoms with Crippen molar-refractivity contribution < 1.29 is 0 Å². The van der Waals surface area contributed by atoms with Crippen molar-refractivity contribution in [3.8, 4) is 0 Å². The van der Waals surface area contributed by atoms with Crippen molar-refractivity contribution in [1.82, 2.24) is 14.9 Å². The third-order valence-electron chi connectivity index (χ3n) is 4.37. The van der Waals surface area contributed by atoms with Gasteiger partial charge in [0.15, 0.2) is 0 Å². The average molecular weight is 249 g/mol. The van der Waals surface area contributed by atoms with Gasteiger partial charge in [0.2, 0.25) is 0 Å². The van der Waals surface area contributed by atoms with Gasteiger partial charge in [-0.25, -0.2) is 4.98 Å². The first kappa shape index (κ1) is 13.6. The minimum Gasteiger partial charge on any atom is -0.335 e. The van der Waals surface area contributed by atoms with Gasteiger partial charge in [-0.2, -0.15) is 0 Å². The van der Waals surface area contributed by atoms with Crippen molar-refractivity contribution in [1.29, 1.82) is 0 Å². The van der Waals surface area contributed by atoms with E-state index in [1.54, 1.807) is 0 Å². The molecule has 3 heteroatoms. The topological polar surface area (TPSA) is 29.9 Å². The smallest absolute Gasteiger partial charge is 0.108 e. The fraction of sp³-hybridized carbons (Fsp3) is 0.800. The molecule has 0 aromatic carbocycles. The molecule has 1 aliphatic carbocycles. The maximum absolute atomic E-state index is 4.55. The van der Waals surface area contributed by atoms with Crippen LogP contribution < -0.4 is 5.32 Å². The lowest BCUT2D eigenvalue weighted by molar-refractivity contribution is 0.297. The van der Waals surface area contributed by atoms with Crippen LogP contribution >= 0.6 is 0 Å². The molecule has 0 aliphatic heterocycles. The second-order valence-corrected chi connectivity index (χ2v) is 5.55. The zero-order chi connectivity index (χ0) is 12.8. The van der Waals surface area contributed by atoms with Crippen LogP contribution in [0.1, 0.15) is 44.9 Å². The van der Waals surface area contributed by atoms with E-state index in [1.165, 1.54) is 37.9 Å². The van der Waals surface area contributed by atoms with Crippen LogP contribution in [0, 0.1) is 11.8 Å². The summed E-state index contributed by atoms with van der Waals surface area (Å²) in [6.45, 7) is 4.40. The Balaban J connectivity index is 2.03. The summed E-state index contributed by atoms with van der Waals surface area (Å²) in [5, 5.41) is 3.38. The quantitative estimate of drug-likeness (QED) is 0.813. The first-order chi connectivity index (χ1) is 8.85. The minimum absolute atomic E-state index is 0.813. The summed E-state index contributed by atoms with van der Waals surface area (Å²) in [6, 6.07) is 0. The molecule has 1 N–H and O–H groups in total. The number of imidazole rings is 1. The van der Waals surface area contributed by atoms with Crippen LogP contribution in [-0.4, -0.2) is 23.1 Å². The van der Waals surface area contributed by atoms with E-state index in [1.807, 2.05) is 6.20 Å². The Morgan fingerprint density at radius 1 is 1.28 bits per heavy atom. The monoisotopic (exact) mass is 249 g/mol. The van der Waals surface area contributed by atoms with Gasteiger partial charge in [0.05, 0.1) is 0 Å². The lowest BCUT2D eigenvalue weighted by Crippen LogP contribution is -2.27. The lowest BCUT2D eigenvalue weighted by Gasteiger charge is -2.25. The highest BCUT2D eigenvalue weighted by Gasteiger charge is 2.24. The molecule has 1 aromatic heterocycles. The van der Waals surface area contributed by atoms with Crippen molar-refractivity contribution in [2.45, 2.75) is 52.0 Å². The third kappa shape index (κ3) is 3.35. The van der Waals surface area contributed by atoms with Crippen LogP contribution in [0.15, 0.2) is 12.4 Å². The van der Waals surface area contributed by atoms with E-state index in [0.29, 0.717) is 0 Å². The Morgan fingerprint density at radius 3 is 2.78 bits per heavy atom. The molecule has 2 unspecified atom stereocenters. The fourth-order valence-corrected chi connectivity index (χ4v) is 3.31. The van der Waals surface area contributed by atoms with E-state index in [4.69, 9.17) is 0 Å². The van der Waals surface area contributed by atoms with Crippen LogP contribution in [0.3, 0.4) is 0 Å². The van der Waals surface area contributed by atoms with Gasteiger partial charge in [-0.1, -0.05) is 19.3 Å². The van der Waals surface area contributed by atoms with Gasteiger partial charge in [0, 0.05) is 25.4 Å². The Morgan fingerprint density at radius 2 is 2.06 bits per heavy atom. The largest absolute Gasteiger partial charge is 0.335 e. The Hall–Kier alpha value is -0.830. The highest BCUT2D eigenvalue weighted by atomic mass is 15.1. The third-order valence-corrected chi connectivity index (χ3v) is 4.37. The van der Waals surface area contributed by atoms with Crippen molar-refractivity contribution in [3.63, 3.8) is 0 Å². The fourth-order valence-electron chi connectivity index (χ4n) is 3.31. The summed E-state index contributed by atoms with van der Waals surface area (Å²) in [5.41, 5.74) is 0. The second-order valence-electron chi connectivity index (χ2n) is 5.55. The highest BCUT2D eigenvalue weighted by Crippen LogP contribution is 2.30. The van der Waals surface area contributed by atoms with Crippen molar-refractivity contribution in [2.24, 2.45) is 11.8 Å². The molecule has 1 aromatic rings. The summed E-state index contributed by atoms with van der Waals surface area (Å²) in [4.78, 5) is 4.55. The van der Waals surface area contributed by atoms with Crippen LogP contribution in [0.4, 0.5) is 0 Å². The van der Waals surface area contributed by atoms with E-state index in [2.05, 4.69) is 35.0 Å². The first-order valence-electron chi connectivity index (χ1n) is 7.49. The van der Waals surface area contributed by atoms with E-state index in [0.717, 1.165) is 31.3 Å². The molecule has 2 atom stereocenters. The summed E-state index contributed by atoms with van der Waals surface area (Å²) in [5.74, 6) is 2.93. The highest BCUT2D eigenvalue weighted by molar-refractivity contribution is 4.95. The molecule has 1 saturated carbocycles. The molecule has 0 bridgehead atoms. The SMILES string of the molecule is CCn1ccnc1CC1CCCCCC1CNC. The van der Waals surface area contributed by atoms with Crippen LogP contribution in [-0.2, 0) is 13.0 Å². The molecule has 1 aliphatic rings. The zero-order valence-corrected chi connectivity index (χ0v) is 11.9. The van der Waals surface area contributed by atoms with Gasteiger partial charge >= 0.3 is 0 Å². The van der Waals surface area contributed by atoms with Gasteiger partial charge in [0.1, 0.15) is 5.82 Å². The van der Waals surface area contributed by atoms with Gasteiger partial charge in [-0.15, -0.1) is 0 Å². The standard InChI is InChI=1S/C15H27N3/c1-3-18-10-9-17-15(18)11-13-7-5-4-6-8-14(13)12-16-2/h9-10,13-14,16H,3-8,11-12H2,1-2H3. The molecule has 0 spiro atoms. The van der Waals surface area contributed by atoms with E-state index in [9.17, 15) is 0 Å². The Kier molecular flexibility index (Phi) is 5.24. The predicted octanol–water partition coefficient (Wildman–Crippen LogP) is 2.86. The molecule has 102 valence electrons. The average Bonchev–Trinajstić information content (AvgIpc) is 2.72. The molecule has 1 fully saturated rings. The van der Waals surface area contributed by atoms with Crippen LogP contribution in [0.5, 0.6) is 0 Å². The molecule has 0 amide bonds. The number of rotatable bonds is 5. The number of nitrogens with one attached hydrogen (secondary N) is 1. The molecular formula is C15H27N3. The van der Waals surface area contributed by atoms with Crippen LogP contribution in [0.2, 0.25) is 0 Å². The summed E-state index contributed by atoms with van der Waals surface area (Å²) in [6.07, 6.45) is 12.2. The van der Waals surface area contributed by atoms with Gasteiger partial charge < -0.3 is 9.88 Å². The first-order valence-corrected chi connectivity index (χ1v) is 7.49. The molecule has 1 heterocycles. The molecule has 3 nitrogen and oxygen atoms in total. The van der Waals surface area contributed by atoms with Gasteiger partial charge in [0.25, 0.3) is 0 Å². The molecule has 2 rings (SSSR count).